The van der Waals surface area contributed by atoms with Crippen molar-refractivity contribution in [2.24, 2.45) is 0 Å². The molecule has 0 spiro atoms. The number of amides is 2. The second-order valence-corrected chi connectivity index (χ2v) is 12.9. The van der Waals surface area contributed by atoms with E-state index < -0.39 is 17.3 Å². The van der Waals surface area contributed by atoms with E-state index in [1.54, 1.807) is 29.7 Å². The average Bonchev–Trinajstić information content (AvgIpc) is 3.72. The van der Waals surface area contributed by atoms with E-state index in [2.05, 4.69) is 35.2 Å². The van der Waals surface area contributed by atoms with Gasteiger partial charge in [0.25, 0.3) is 0 Å². The Bertz CT molecular complexity index is 1600. The summed E-state index contributed by atoms with van der Waals surface area (Å²) in [5.74, 6) is 1.34. The number of nitrogens with one attached hydrogen (secondary N) is 3. The highest BCUT2D eigenvalue weighted by atomic mass is 16.6. The summed E-state index contributed by atoms with van der Waals surface area (Å²) in [6.45, 7) is 13.5. The lowest BCUT2D eigenvalue weighted by molar-refractivity contribution is 0.0218. The third kappa shape index (κ3) is 7.42. The lowest BCUT2D eigenvalue weighted by atomic mass is 10.1. The molecule has 2 atom stereocenters. The van der Waals surface area contributed by atoms with E-state index in [-0.39, 0.29) is 18.2 Å². The molecular weight excluding hydrogens is 560 g/mol. The van der Waals surface area contributed by atoms with Crippen molar-refractivity contribution in [3.05, 3.63) is 60.7 Å². The van der Waals surface area contributed by atoms with Crippen LogP contribution in [0.1, 0.15) is 85.0 Å². The van der Waals surface area contributed by atoms with Crippen molar-refractivity contribution < 1.29 is 19.1 Å². The third-order valence-electron chi connectivity index (χ3n) is 6.95. The molecule has 232 valence electrons. The van der Waals surface area contributed by atoms with Crippen LogP contribution in [-0.2, 0) is 9.47 Å². The smallest absolute Gasteiger partial charge is 0.410 e. The van der Waals surface area contributed by atoms with Gasteiger partial charge in [0, 0.05) is 12.1 Å². The van der Waals surface area contributed by atoms with Crippen LogP contribution in [0.25, 0.3) is 33.9 Å². The first-order chi connectivity index (χ1) is 20.8. The van der Waals surface area contributed by atoms with Gasteiger partial charge in [0.05, 0.1) is 54.0 Å². The second kappa shape index (κ2) is 12.1. The molecule has 0 unspecified atom stereocenters. The topological polar surface area (TPSA) is 151 Å². The van der Waals surface area contributed by atoms with Crippen molar-refractivity contribution in [2.45, 2.75) is 84.6 Å². The summed E-state index contributed by atoms with van der Waals surface area (Å²) in [4.78, 5) is 51.4. The number of benzene rings is 1. The van der Waals surface area contributed by atoms with Gasteiger partial charge >= 0.3 is 12.2 Å². The van der Waals surface area contributed by atoms with E-state index in [9.17, 15) is 9.59 Å². The Balaban J connectivity index is 1.22. The van der Waals surface area contributed by atoms with Crippen LogP contribution in [0.2, 0.25) is 0 Å². The second-order valence-electron chi connectivity index (χ2n) is 12.9. The standard InChI is InChI=1S/C32H40N8O4/c1-19(37-29(41)43-31(2,3)4)27-35-18-25(39-27)24-17-33-22(15-34-24)20-10-12-21(13-11-20)23-16-36-28(38-23)26-9-8-14-40(26)30(42)44-32(5,6)7/h10-13,15-19,26H,8-9,14H2,1-7H3,(H,35,39)(H,36,38)(H,37,41)/t19-,26-/m0/s1. The van der Waals surface area contributed by atoms with Gasteiger partial charge in [0.15, 0.2) is 0 Å². The molecule has 0 saturated carbocycles. The fourth-order valence-corrected chi connectivity index (χ4v) is 4.92. The fraction of sp³-hybridized carbons (Fsp3) is 0.438. The number of ether oxygens (including phenoxy) is 2. The highest BCUT2D eigenvalue weighted by molar-refractivity contribution is 5.70. The summed E-state index contributed by atoms with van der Waals surface area (Å²) in [6, 6.07) is 7.46. The Morgan fingerprint density at radius 2 is 1.48 bits per heavy atom. The minimum Gasteiger partial charge on any atom is -0.444 e. The predicted molar refractivity (Wildman–Crippen MR) is 165 cm³/mol. The van der Waals surface area contributed by atoms with Gasteiger partial charge in [0.1, 0.15) is 28.5 Å². The molecule has 4 aromatic rings. The zero-order chi connectivity index (χ0) is 31.6. The first-order valence-corrected chi connectivity index (χ1v) is 14.8. The first kappa shape index (κ1) is 30.7. The molecular formula is C32H40N8O4. The van der Waals surface area contributed by atoms with Crippen LogP contribution in [0.5, 0.6) is 0 Å². The number of H-pyrrole nitrogens is 2. The number of aromatic amines is 2. The Hall–Kier alpha value is -4.74. The maximum atomic E-state index is 12.7. The van der Waals surface area contributed by atoms with Crippen LogP contribution in [0, 0.1) is 0 Å². The van der Waals surface area contributed by atoms with E-state index in [0.717, 1.165) is 41.2 Å². The molecule has 1 aliphatic rings. The number of hydrogen-bond acceptors (Lipinski definition) is 8. The largest absolute Gasteiger partial charge is 0.444 e. The maximum Gasteiger partial charge on any atom is 0.410 e. The molecule has 12 heteroatoms. The number of aromatic nitrogens is 6. The van der Waals surface area contributed by atoms with Crippen molar-refractivity contribution in [3.63, 3.8) is 0 Å². The molecule has 5 rings (SSSR count). The molecule has 0 radical (unpaired) electrons. The molecule has 1 aliphatic heterocycles. The molecule has 1 aromatic carbocycles. The van der Waals surface area contributed by atoms with Crippen molar-refractivity contribution in [1.82, 2.24) is 40.1 Å². The van der Waals surface area contributed by atoms with Crippen molar-refractivity contribution in [1.29, 1.82) is 0 Å². The van der Waals surface area contributed by atoms with Crippen LogP contribution < -0.4 is 5.32 Å². The SMILES string of the molecule is C[C@H](NC(=O)OC(C)(C)C)c1ncc(-c2cnc(-c3ccc(-c4cnc([C@@H]5CCCN5C(=O)OC(C)(C)C)[nH]4)cc3)cn2)[nH]1. The van der Waals surface area contributed by atoms with E-state index in [1.165, 1.54) is 0 Å². The van der Waals surface area contributed by atoms with Crippen LogP contribution in [0.15, 0.2) is 49.1 Å². The first-order valence-electron chi connectivity index (χ1n) is 14.8. The highest BCUT2D eigenvalue weighted by Crippen LogP contribution is 2.33. The minimum atomic E-state index is -0.583. The highest BCUT2D eigenvalue weighted by Gasteiger charge is 2.34. The van der Waals surface area contributed by atoms with E-state index >= 15 is 0 Å². The van der Waals surface area contributed by atoms with Gasteiger partial charge in [-0.3, -0.25) is 14.9 Å². The number of likely N-dealkylation sites (tertiary alicyclic amines) is 1. The van der Waals surface area contributed by atoms with E-state index in [1.807, 2.05) is 72.7 Å². The molecule has 44 heavy (non-hydrogen) atoms. The quantitative estimate of drug-likeness (QED) is 0.224. The molecule has 0 bridgehead atoms. The number of imidazole rings is 2. The van der Waals surface area contributed by atoms with E-state index in [0.29, 0.717) is 23.8 Å². The summed E-state index contributed by atoms with van der Waals surface area (Å²) in [5, 5.41) is 2.78. The maximum absolute atomic E-state index is 12.7. The van der Waals surface area contributed by atoms with Gasteiger partial charge in [-0.05, 0) is 66.9 Å². The van der Waals surface area contributed by atoms with Crippen LogP contribution in [0.3, 0.4) is 0 Å². The zero-order valence-electron chi connectivity index (χ0n) is 26.3. The molecule has 0 aliphatic carbocycles. The molecule has 1 fully saturated rings. The average molecular weight is 601 g/mol. The third-order valence-corrected chi connectivity index (χ3v) is 6.95. The van der Waals surface area contributed by atoms with Gasteiger partial charge in [-0.25, -0.2) is 19.6 Å². The number of alkyl carbamates (subject to hydrolysis) is 1. The molecule has 3 aromatic heterocycles. The summed E-state index contributed by atoms with van der Waals surface area (Å²) < 4.78 is 10.9. The molecule has 1 saturated heterocycles. The van der Waals surface area contributed by atoms with Crippen LogP contribution in [0.4, 0.5) is 9.59 Å². The van der Waals surface area contributed by atoms with Gasteiger partial charge in [0.2, 0.25) is 0 Å². The Labute approximate surface area is 257 Å². The Morgan fingerprint density at radius 3 is 2.14 bits per heavy atom. The number of carbonyl (C=O) groups is 2. The lowest BCUT2D eigenvalue weighted by Crippen LogP contribution is -2.36. The normalized spacial score (nSPS) is 16.1. The summed E-state index contributed by atoms with van der Waals surface area (Å²) in [7, 11) is 0. The van der Waals surface area contributed by atoms with Crippen molar-refractivity contribution in [3.8, 4) is 33.9 Å². The number of rotatable bonds is 6. The Kier molecular flexibility index (Phi) is 8.44. The zero-order valence-corrected chi connectivity index (χ0v) is 26.3. The minimum absolute atomic E-state index is 0.137. The number of hydrogen-bond donors (Lipinski definition) is 3. The summed E-state index contributed by atoms with van der Waals surface area (Å²) in [6.07, 6.45) is 7.78. The lowest BCUT2D eigenvalue weighted by Gasteiger charge is -2.27. The molecule has 4 heterocycles. The van der Waals surface area contributed by atoms with Gasteiger partial charge in [-0.15, -0.1) is 0 Å². The van der Waals surface area contributed by atoms with E-state index in [4.69, 9.17) is 9.47 Å². The van der Waals surface area contributed by atoms with Gasteiger partial charge < -0.3 is 24.8 Å². The predicted octanol–water partition coefficient (Wildman–Crippen LogP) is 6.58. The molecule has 12 nitrogen and oxygen atoms in total. The van der Waals surface area contributed by atoms with Crippen LogP contribution >= 0.6 is 0 Å². The monoisotopic (exact) mass is 600 g/mol. The summed E-state index contributed by atoms with van der Waals surface area (Å²) >= 11 is 0. The number of nitrogens with zero attached hydrogens (tertiary/aromatic N) is 5. The van der Waals surface area contributed by atoms with Crippen molar-refractivity contribution in [2.75, 3.05) is 6.54 Å². The molecule has 2 amide bonds. The van der Waals surface area contributed by atoms with Gasteiger partial charge in [-0.2, -0.15) is 0 Å². The Morgan fingerprint density at radius 1 is 0.841 bits per heavy atom. The van der Waals surface area contributed by atoms with Gasteiger partial charge in [-0.1, -0.05) is 24.3 Å². The summed E-state index contributed by atoms with van der Waals surface area (Å²) in [5.41, 5.74) is 3.67. The number of carbonyl (C=O) groups excluding carboxylic acids is 2. The fourth-order valence-electron chi connectivity index (χ4n) is 4.92. The molecule has 3 N–H and O–H groups in total. The van der Waals surface area contributed by atoms with Crippen molar-refractivity contribution >= 4 is 12.2 Å². The van der Waals surface area contributed by atoms with Crippen LogP contribution in [-0.4, -0.2) is 64.7 Å².